The zero-order chi connectivity index (χ0) is 20.6. The Kier molecular flexibility index (Phi) is 5.18. The van der Waals surface area contributed by atoms with Gasteiger partial charge in [-0.2, -0.15) is 13.5 Å². The summed E-state index contributed by atoms with van der Waals surface area (Å²) >= 11 is 0. The van der Waals surface area contributed by atoms with Gasteiger partial charge in [-0.15, -0.1) is 4.28 Å². The number of carbonyl (C=O) groups excluding carboxylic acids is 3. The molecule has 152 valence electrons. The van der Waals surface area contributed by atoms with Gasteiger partial charge in [0, 0.05) is 25.9 Å². The van der Waals surface area contributed by atoms with Crippen LogP contribution in [0.5, 0.6) is 0 Å². The van der Waals surface area contributed by atoms with Crippen LogP contribution in [0.15, 0.2) is 12.4 Å². The Bertz CT molecular complexity index is 942. The van der Waals surface area contributed by atoms with E-state index in [1.165, 1.54) is 28.8 Å². The number of nitrogens with zero attached hydrogens (tertiary/aromatic N) is 4. The fourth-order valence-corrected chi connectivity index (χ4v) is 3.69. The molecule has 0 unspecified atom stereocenters. The van der Waals surface area contributed by atoms with Gasteiger partial charge in [0.2, 0.25) is 11.8 Å². The maximum absolute atomic E-state index is 12.3. The second-order valence-corrected chi connectivity index (χ2v) is 7.39. The molecule has 2 bridgehead atoms. The number of hydrogen-bond acceptors (Lipinski definition) is 8. The van der Waals surface area contributed by atoms with E-state index in [0.717, 1.165) is 0 Å². The third kappa shape index (κ3) is 4.02. The van der Waals surface area contributed by atoms with E-state index in [2.05, 4.69) is 14.6 Å². The van der Waals surface area contributed by atoms with Gasteiger partial charge in [-0.3, -0.25) is 24.1 Å². The Hall–Kier alpha value is -2.84. The van der Waals surface area contributed by atoms with Crippen LogP contribution in [0.3, 0.4) is 0 Å². The summed E-state index contributed by atoms with van der Waals surface area (Å²) < 4.78 is 36.1. The van der Waals surface area contributed by atoms with Crippen molar-refractivity contribution in [3.63, 3.8) is 0 Å². The average molecular weight is 414 g/mol. The molecule has 0 radical (unpaired) electrons. The first-order valence-electron chi connectivity index (χ1n) is 8.25. The number of amidine groups is 1. The molecule has 2 fully saturated rings. The van der Waals surface area contributed by atoms with Crippen molar-refractivity contribution in [2.45, 2.75) is 38.3 Å². The Morgan fingerprint density at radius 1 is 1.43 bits per heavy atom. The Balaban J connectivity index is 1.64. The highest BCUT2D eigenvalue weighted by Gasteiger charge is 2.48. The maximum atomic E-state index is 12.3. The predicted molar refractivity (Wildman–Crippen MR) is 91.5 cm³/mol. The minimum atomic E-state index is -4.86. The number of hydrogen-bond donors (Lipinski definition) is 3. The fourth-order valence-electron chi connectivity index (χ4n) is 3.30. The number of fused-ring (bicyclic) bond motifs is 2. The molecule has 28 heavy (non-hydrogen) atoms. The molecular weight excluding hydrogens is 396 g/mol. The number of hydroxylamine groups is 2. The first kappa shape index (κ1) is 19.9. The molecule has 0 aromatic carbocycles. The molecule has 0 saturated carbocycles. The number of imidazole rings is 1. The number of piperidine rings is 1. The first-order valence-corrected chi connectivity index (χ1v) is 9.61. The third-order valence-corrected chi connectivity index (χ3v) is 4.83. The second kappa shape index (κ2) is 7.29. The van der Waals surface area contributed by atoms with Crippen molar-refractivity contribution in [2.75, 3.05) is 6.54 Å². The first-order chi connectivity index (χ1) is 13.1. The topological polar surface area (TPSA) is 175 Å². The third-order valence-electron chi connectivity index (χ3n) is 4.48. The number of carbonyl (C=O) groups is 3. The Morgan fingerprint density at radius 2 is 2.14 bits per heavy atom. The van der Waals surface area contributed by atoms with Crippen molar-refractivity contribution in [3.8, 4) is 0 Å². The molecule has 3 N–H and O–H groups in total. The molecule has 3 rings (SSSR count). The van der Waals surface area contributed by atoms with Crippen LogP contribution in [0.25, 0.3) is 0 Å². The SMILES string of the molecule is CC(=O)n1ccnc1CC(=O)NC(=N)[C@@H]1CC[C@@H]2CN1C(=O)N2OS(=O)(=O)O. The monoisotopic (exact) mass is 414 g/mol. The molecule has 1 aromatic rings. The van der Waals surface area contributed by atoms with Crippen molar-refractivity contribution < 1.29 is 31.6 Å². The molecular formula is C14H18N6O7S. The number of nitrogens with one attached hydrogen (secondary N) is 2. The Labute approximate surface area is 159 Å². The van der Waals surface area contributed by atoms with Gasteiger partial charge < -0.3 is 10.2 Å². The minimum absolute atomic E-state index is 0.0893. The van der Waals surface area contributed by atoms with Crippen LogP contribution >= 0.6 is 0 Å². The maximum Gasteiger partial charge on any atom is 0.418 e. The largest absolute Gasteiger partial charge is 0.418 e. The van der Waals surface area contributed by atoms with Gasteiger partial charge in [-0.25, -0.2) is 9.78 Å². The van der Waals surface area contributed by atoms with E-state index >= 15 is 0 Å². The number of aromatic nitrogens is 2. The highest BCUT2D eigenvalue weighted by Crippen LogP contribution is 2.30. The summed E-state index contributed by atoms with van der Waals surface area (Å²) in [6.07, 6.45) is 3.17. The molecule has 13 nitrogen and oxygen atoms in total. The molecule has 3 heterocycles. The van der Waals surface area contributed by atoms with Crippen LogP contribution in [0.1, 0.15) is 30.4 Å². The van der Waals surface area contributed by atoms with Gasteiger partial charge in [0.05, 0.1) is 18.5 Å². The summed E-state index contributed by atoms with van der Waals surface area (Å²) in [6.45, 7) is 1.41. The van der Waals surface area contributed by atoms with E-state index in [1.54, 1.807) is 0 Å². The van der Waals surface area contributed by atoms with E-state index in [0.29, 0.717) is 17.9 Å². The highest BCUT2D eigenvalue weighted by atomic mass is 32.3. The van der Waals surface area contributed by atoms with Crippen molar-refractivity contribution in [1.29, 1.82) is 5.41 Å². The lowest BCUT2D eigenvalue weighted by molar-refractivity contribution is -0.119. The van der Waals surface area contributed by atoms with Gasteiger partial charge >= 0.3 is 16.4 Å². The van der Waals surface area contributed by atoms with Gasteiger partial charge in [0.15, 0.2) is 0 Å². The van der Waals surface area contributed by atoms with Crippen molar-refractivity contribution >= 4 is 34.1 Å². The smallest absolute Gasteiger partial charge is 0.313 e. The summed E-state index contributed by atoms with van der Waals surface area (Å²) in [5, 5.41) is 11.1. The average Bonchev–Trinajstić information content (AvgIpc) is 3.13. The predicted octanol–water partition coefficient (Wildman–Crippen LogP) is -0.818. The summed E-state index contributed by atoms with van der Waals surface area (Å²) in [5.41, 5.74) is 0. The van der Waals surface area contributed by atoms with E-state index in [1.807, 2.05) is 0 Å². The van der Waals surface area contributed by atoms with Gasteiger partial charge in [-0.05, 0) is 12.8 Å². The lowest BCUT2D eigenvalue weighted by Crippen LogP contribution is -2.51. The van der Waals surface area contributed by atoms with Gasteiger partial charge in [0.25, 0.3) is 0 Å². The molecule has 2 saturated heterocycles. The molecule has 14 heteroatoms. The van der Waals surface area contributed by atoms with Gasteiger partial charge in [-0.1, -0.05) is 0 Å². The Morgan fingerprint density at radius 3 is 2.79 bits per heavy atom. The second-order valence-electron chi connectivity index (χ2n) is 6.38. The minimum Gasteiger partial charge on any atom is -0.313 e. The standard InChI is InChI=1S/C14H18N6O7S/c1-8(21)18-5-4-16-11(18)6-12(22)17-13(15)10-3-2-9-7-19(10)14(23)20(9)27-28(24,25)26/h4-5,9-10H,2-3,6-7H2,1H3,(H2,15,17,22)(H,24,25,26)/t9-,10+/m1/s1. The van der Waals surface area contributed by atoms with E-state index in [-0.39, 0.29) is 30.5 Å². The summed E-state index contributed by atoms with van der Waals surface area (Å²) in [6, 6.07) is -2.19. The summed E-state index contributed by atoms with van der Waals surface area (Å²) in [7, 11) is -4.86. The van der Waals surface area contributed by atoms with Crippen LogP contribution in [-0.2, 0) is 25.9 Å². The molecule has 0 aliphatic carbocycles. The molecule has 2 atom stereocenters. The van der Waals surface area contributed by atoms with Crippen LogP contribution in [0.2, 0.25) is 0 Å². The quantitative estimate of drug-likeness (QED) is 0.318. The lowest BCUT2D eigenvalue weighted by Gasteiger charge is -2.30. The van der Waals surface area contributed by atoms with Crippen molar-refractivity contribution in [3.05, 3.63) is 18.2 Å². The molecule has 2 aliphatic rings. The van der Waals surface area contributed by atoms with Crippen LogP contribution in [-0.4, -0.2) is 74.8 Å². The van der Waals surface area contributed by atoms with Crippen molar-refractivity contribution in [1.82, 2.24) is 24.8 Å². The number of urea groups is 1. The van der Waals surface area contributed by atoms with Crippen LogP contribution in [0, 0.1) is 5.41 Å². The van der Waals surface area contributed by atoms with Crippen molar-refractivity contribution in [2.24, 2.45) is 0 Å². The zero-order valence-electron chi connectivity index (χ0n) is 14.7. The van der Waals surface area contributed by atoms with Crippen LogP contribution in [0.4, 0.5) is 4.79 Å². The number of amides is 3. The number of rotatable bonds is 5. The zero-order valence-corrected chi connectivity index (χ0v) is 15.5. The van der Waals surface area contributed by atoms with E-state index in [4.69, 9.17) is 9.96 Å². The molecule has 1 aromatic heterocycles. The molecule has 3 amide bonds. The highest BCUT2D eigenvalue weighted by molar-refractivity contribution is 7.80. The fraction of sp³-hybridized carbons (Fsp3) is 0.500. The van der Waals surface area contributed by atoms with Crippen LogP contribution < -0.4 is 5.32 Å². The summed E-state index contributed by atoms with van der Waals surface area (Å²) in [4.78, 5) is 41.1. The van der Waals surface area contributed by atoms with E-state index in [9.17, 15) is 22.8 Å². The van der Waals surface area contributed by atoms with Gasteiger partial charge in [0.1, 0.15) is 11.7 Å². The normalized spacial score (nSPS) is 21.7. The van der Waals surface area contributed by atoms with E-state index < -0.39 is 34.4 Å². The summed E-state index contributed by atoms with van der Waals surface area (Å²) in [5.74, 6) is -0.924. The molecule has 2 aliphatic heterocycles. The molecule has 0 spiro atoms. The lowest BCUT2D eigenvalue weighted by atomic mass is 10.00.